The van der Waals surface area contributed by atoms with Gasteiger partial charge in [0.1, 0.15) is 11.5 Å². The molecule has 6 rings (SSSR count). The van der Waals surface area contributed by atoms with Crippen LogP contribution in [0.5, 0.6) is 11.5 Å². The zero-order valence-corrected chi connectivity index (χ0v) is 29.9. The molecule has 1 aliphatic heterocycles. The minimum Gasteiger partial charge on any atom is -0.493 e. The van der Waals surface area contributed by atoms with Crippen molar-refractivity contribution in [2.45, 2.75) is 36.3 Å². The number of rotatable bonds is 9. The lowest BCUT2D eigenvalue weighted by Gasteiger charge is -2.26. The molecule has 50 heavy (non-hydrogen) atoms. The smallest absolute Gasteiger partial charge is 0.433 e. The van der Waals surface area contributed by atoms with E-state index in [1.165, 1.54) is 24.9 Å². The second kappa shape index (κ2) is 14.3. The fourth-order valence-corrected chi connectivity index (χ4v) is 7.53. The number of aromatic nitrogens is 3. The molecule has 0 saturated heterocycles. The lowest BCUT2D eigenvalue weighted by molar-refractivity contribution is -0.141. The number of thiazole rings is 1. The molecule has 0 bridgehead atoms. The van der Waals surface area contributed by atoms with E-state index in [1.54, 1.807) is 68.4 Å². The SMILES string of the molecule is CCOC(=O)C1=C(C)N=c2s/c(=C/c3ccc(Sc4nc(-c5ccccc5)cc(C(F)(F)F)n4)o3)c(=O)n2[C@H]1c1cc(OC)c(OC)cc1Br. The number of alkyl halides is 3. The average molecular weight is 788 g/mol. The number of esters is 1. The molecule has 0 spiro atoms. The van der Waals surface area contributed by atoms with Crippen molar-refractivity contribution in [3.63, 3.8) is 0 Å². The van der Waals surface area contributed by atoms with Crippen LogP contribution in [0.15, 0.2) is 101 Å². The van der Waals surface area contributed by atoms with Crippen molar-refractivity contribution in [2.75, 3.05) is 20.8 Å². The van der Waals surface area contributed by atoms with Gasteiger partial charge >= 0.3 is 12.1 Å². The molecular formula is C34H26BrF3N4O6S2. The summed E-state index contributed by atoms with van der Waals surface area (Å²) in [7, 11) is 2.97. The molecule has 3 aromatic heterocycles. The Morgan fingerprint density at radius 2 is 1.80 bits per heavy atom. The third-order valence-electron chi connectivity index (χ3n) is 7.45. The van der Waals surface area contributed by atoms with Crippen LogP contribution in [0, 0.1) is 0 Å². The van der Waals surface area contributed by atoms with Gasteiger partial charge in [-0.15, -0.1) is 0 Å². The van der Waals surface area contributed by atoms with Gasteiger partial charge in [0.2, 0.25) is 0 Å². The van der Waals surface area contributed by atoms with Crippen molar-refractivity contribution < 1.29 is 36.6 Å². The number of ether oxygens (including phenoxy) is 3. The fraction of sp³-hybridized carbons (Fsp3) is 0.206. The Labute approximate surface area is 299 Å². The van der Waals surface area contributed by atoms with Gasteiger partial charge in [-0.2, -0.15) is 13.2 Å². The summed E-state index contributed by atoms with van der Waals surface area (Å²) in [6, 6.07) is 14.9. The predicted molar refractivity (Wildman–Crippen MR) is 183 cm³/mol. The van der Waals surface area contributed by atoms with E-state index in [2.05, 4.69) is 30.9 Å². The number of furan rings is 1. The maximum atomic E-state index is 14.1. The highest BCUT2D eigenvalue weighted by Gasteiger charge is 2.36. The van der Waals surface area contributed by atoms with Gasteiger partial charge in [-0.1, -0.05) is 57.6 Å². The summed E-state index contributed by atoms with van der Waals surface area (Å²) in [5, 5.41) is 0.0383. The van der Waals surface area contributed by atoms with Gasteiger partial charge in [0.15, 0.2) is 26.5 Å². The number of halogens is 4. The summed E-state index contributed by atoms with van der Waals surface area (Å²) in [6.07, 6.45) is -3.19. The van der Waals surface area contributed by atoms with Crippen LogP contribution >= 0.6 is 39.0 Å². The maximum absolute atomic E-state index is 14.1. The molecule has 16 heteroatoms. The number of hydrogen-bond donors (Lipinski definition) is 0. The fourth-order valence-electron chi connectivity index (χ4n) is 5.22. The molecule has 1 atom stereocenters. The van der Waals surface area contributed by atoms with Crippen LogP contribution in [0.2, 0.25) is 0 Å². The molecule has 4 heterocycles. The quantitative estimate of drug-likeness (QED) is 0.118. The molecule has 0 radical (unpaired) electrons. The van der Waals surface area contributed by atoms with Crippen LogP contribution in [0.25, 0.3) is 17.3 Å². The number of fused-ring (bicyclic) bond motifs is 1. The summed E-state index contributed by atoms with van der Waals surface area (Å²) in [6.45, 7) is 3.46. The first kappa shape index (κ1) is 35.2. The standard InChI is InChI=1S/C34H26BrF3N4O6S2/c1-5-47-31(44)28-17(2)39-33-42(29(28)20-14-23(45-3)24(46-4)15-21(20)35)30(43)25(49-33)13-19-11-12-27(48-19)50-32-40-22(18-9-7-6-8-10-18)16-26(41-32)34(36,37)38/h6-16,29H,5H2,1-4H3/b25-13+/t29-/m0/s1. The highest BCUT2D eigenvalue weighted by molar-refractivity contribution is 9.10. The Morgan fingerprint density at radius 1 is 1.08 bits per heavy atom. The first-order chi connectivity index (χ1) is 23.9. The Hall–Kier alpha value is -4.67. The molecule has 1 aliphatic rings. The third kappa shape index (κ3) is 7.00. The number of hydrogen-bond acceptors (Lipinski definition) is 11. The van der Waals surface area contributed by atoms with E-state index in [9.17, 15) is 22.8 Å². The lowest BCUT2D eigenvalue weighted by atomic mass is 9.95. The Bertz CT molecular complexity index is 2320. The highest BCUT2D eigenvalue weighted by Crippen LogP contribution is 2.41. The molecule has 10 nitrogen and oxygen atoms in total. The Balaban J connectivity index is 1.41. The van der Waals surface area contributed by atoms with Gasteiger partial charge in [0.05, 0.1) is 48.4 Å². The number of benzene rings is 2. The number of allylic oxidation sites excluding steroid dienone is 1. The van der Waals surface area contributed by atoms with E-state index >= 15 is 0 Å². The van der Waals surface area contributed by atoms with Gasteiger partial charge in [-0.05, 0) is 61.5 Å². The molecule has 2 aromatic carbocycles. The summed E-state index contributed by atoms with van der Waals surface area (Å²) in [4.78, 5) is 40.3. The molecule has 0 aliphatic carbocycles. The van der Waals surface area contributed by atoms with E-state index in [4.69, 9.17) is 18.6 Å². The van der Waals surface area contributed by atoms with Gasteiger partial charge in [0, 0.05) is 16.1 Å². The van der Waals surface area contributed by atoms with Gasteiger partial charge < -0.3 is 18.6 Å². The molecule has 0 N–H and O–H groups in total. The van der Waals surface area contributed by atoms with Gasteiger partial charge in [-0.25, -0.2) is 19.8 Å². The number of carbonyl (C=O) groups excluding carboxylic acids is 1. The minimum absolute atomic E-state index is 0.108. The summed E-state index contributed by atoms with van der Waals surface area (Å²) >= 11 is 5.46. The molecule has 0 unspecified atom stereocenters. The van der Waals surface area contributed by atoms with E-state index in [0.717, 1.165) is 29.2 Å². The molecule has 0 fully saturated rings. The van der Waals surface area contributed by atoms with E-state index < -0.39 is 29.4 Å². The number of carbonyl (C=O) groups is 1. The van der Waals surface area contributed by atoms with Crippen LogP contribution in [0.1, 0.15) is 36.9 Å². The molecule has 258 valence electrons. The van der Waals surface area contributed by atoms with E-state index in [-0.39, 0.29) is 38.4 Å². The van der Waals surface area contributed by atoms with Crippen molar-refractivity contribution in [3.8, 4) is 22.8 Å². The number of nitrogens with zero attached hydrogens (tertiary/aromatic N) is 4. The van der Waals surface area contributed by atoms with Crippen LogP contribution in [0.4, 0.5) is 13.2 Å². The molecular weight excluding hydrogens is 761 g/mol. The maximum Gasteiger partial charge on any atom is 0.433 e. The topological polar surface area (TPSA) is 118 Å². The van der Waals surface area contributed by atoms with Crippen LogP contribution in [-0.4, -0.2) is 41.3 Å². The first-order valence-electron chi connectivity index (χ1n) is 14.8. The van der Waals surface area contributed by atoms with Gasteiger partial charge in [0.25, 0.3) is 5.56 Å². The minimum atomic E-state index is -4.69. The largest absolute Gasteiger partial charge is 0.493 e. The van der Waals surface area contributed by atoms with E-state index in [1.807, 2.05) is 0 Å². The third-order valence-corrected chi connectivity index (χ3v) is 9.90. The van der Waals surface area contributed by atoms with Gasteiger partial charge in [-0.3, -0.25) is 9.36 Å². The summed E-state index contributed by atoms with van der Waals surface area (Å²) < 4.78 is 65.6. The highest BCUT2D eigenvalue weighted by atomic mass is 79.9. The number of methoxy groups -OCH3 is 2. The zero-order chi connectivity index (χ0) is 35.7. The second-order valence-corrected chi connectivity index (χ2v) is 13.4. The average Bonchev–Trinajstić information content (AvgIpc) is 3.66. The molecule has 5 aromatic rings. The Morgan fingerprint density at radius 3 is 2.48 bits per heavy atom. The van der Waals surface area contributed by atoms with Crippen molar-refractivity contribution in [2.24, 2.45) is 4.99 Å². The van der Waals surface area contributed by atoms with Crippen molar-refractivity contribution in [1.82, 2.24) is 14.5 Å². The molecule has 0 saturated carbocycles. The monoisotopic (exact) mass is 786 g/mol. The van der Waals surface area contributed by atoms with E-state index in [0.29, 0.717) is 37.6 Å². The first-order valence-corrected chi connectivity index (χ1v) is 17.2. The van der Waals surface area contributed by atoms with Crippen LogP contribution in [-0.2, 0) is 15.7 Å². The van der Waals surface area contributed by atoms with Crippen molar-refractivity contribution in [3.05, 3.63) is 113 Å². The molecule has 0 amide bonds. The zero-order valence-electron chi connectivity index (χ0n) is 26.7. The second-order valence-electron chi connectivity index (χ2n) is 10.6. The Kier molecular flexibility index (Phi) is 10.0. The predicted octanol–water partition coefficient (Wildman–Crippen LogP) is 6.80. The van der Waals surface area contributed by atoms with Crippen LogP contribution in [0.3, 0.4) is 0 Å². The van der Waals surface area contributed by atoms with Crippen LogP contribution < -0.4 is 24.4 Å². The normalized spacial score (nSPS) is 14.7. The van der Waals surface area contributed by atoms with Crippen molar-refractivity contribution >= 4 is 51.1 Å². The lowest BCUT2D eigenvalue weighted by Crippen LogP contribution is -2.40. The summed E-state index contributed by atoms with van der Waals surface area (Å²) in [5.41, 5.74) is 0.125. The van der Waals surface area contributed by atoms with Crippen molar-refractivity contribution in [1.29, 1.82) is 0 Å². The summed E-state index contributed by atoms with van der Waals surface area (Å²) in [5.74, 6) is 0.437.